The number of urea groups is 1. The molecule has 0 aliphatic heterocycles. The number of anilines is 1. The van der Waals surface area contributed by atoms with Gasteiger partial charge in [0, 0.05) is 5.69 Å². The SMILES string of the molecule is CCc1cccc(C)c1NC(=O)NCc1ccco1. The van der Waals surface area contributed by atoms with Crippen LogP contribution in [-0.2, 0) is 13.0 Å². The normalized spacial score (nSPS) is 10.2. The van der Waals surface area contributed by atoms with Crippen LogP contribution in [0.4, 0.5) is 10.5 Å². The van der Waals surface area contributed by atoms with Crippen LogP contribution >= 0.6 is 0 Å². The highest BCUT2D eigenvalue weighted by molar-refractivity contribution is 5.90. The van der Waals surface area contributed by atoms with Crippen molar-refractivity contribution in [3.05, 3.63) is 53.5 Å². The van der Waals surface area contributed by atoms with Gasteiger partial charge in [-0.15, -0.1) is 0 Å². The largest absolute Gasteiger partial charge is 0.467 e. The van der Waals surface area contributed by atoms with Crippen LogP contribution in [0.3, 0.4) is 0 Å². The van der Waals surface area contributed by atoms with Crippen molar-refractivity contribution in [2.24, 2.45) is 0 Å². The topological polar surface area (TPSA) is 54.3 Å². The zero-order chi connectivity index (χ0) is 13.7. The number of rotatable bonds is 4. The molecule has 1 aromatic heterocycles. The van der Waals surface area contributed by atoms with E-state index in [4.69, 9.17) is 4.42 Å². The minimum atomic E-state index is -0.222. The Hall–Kier alpha value is -2.23. The molecule has 19 heavy (non-hydrogen) atoms. The monoisotopic (exact) mass is 258 g/mol. The average molecular weight is 258 g/mol. The number of benzene rings is 1. The molecule has 4 heteroatoms. The van der Waals surface area contributed by atoms with Crippen LogP contribution in [0, 0.1) is 6.92 Å². The summed E-state index contributed by atoms with van der Waals surface area (Å²) >= 11 is 0. The molecule has 0 atom stereocenters. The van der Waals surface area contributed by atoms with Gasteiger partial charge in [0.15, 0.2) is 0 Å². The molecule has 0 spiro atoms. The quantitative estimate of drug-likeness (QED) is 0.882. The maximum Gasteiger partial charge on any atom is 0.319 e. The van der Waals surface area contributed by atoms with Gasteiger partial charge in [-0.2, -0.15) is 0 Å². The number of carbonyl (C=O) groups excluding carboxylic acids is 1. The molecule has 100 valence electrons. The van der Waals surface area contributed by atoms with Crippen molar-refractivity contribution in [1.29, 1.82) is 0 Å². The summed E-state index contributed by atoms with van der Waals surface area (Å²) in [6, 6.07) is 9.41. The molecule has 0 radical (unpaired) electrons. The van der Waals surface area contributed by atoms with E-state index in [9.17, 15) is 4.79 Å². The third-order valence-electron chi connectivity index (χ3n) is 2.98. The summed E-state index contributed by atoms with van der Waals surface area (Å²) in [5.74, 6) is 0.732. The van der Waals surface area contributed by atoms with Gasteiger partial charge in [-0.05, 0) is 36.6 Å². The molecule has 2 aromatic rings. The third kappa shape index (κ3) is 3.37. The van der Waals surface area contributed by atoms with Crippen molar-refractivity contribution in [1.82, 2.24) is 5.32 Å². The fraction of sp³-hybridized carbons (Fsp3) is 0.267. The summed E-state index contributed by atoms with van der Waals surface area (Å²) in [6.07, 6.45) is 2.47. The zero-order valence-electron chi connectivity index (χ0n) is 11.2. The molecule has 0 saturated heterocycles. The summed E-state index contributed by atoms with van der Waals surface area (Å²) in [7, 11) is 0. The number of furan rings is 1. The highest BCUT2D eigenvalue weighted by Crippen LogP contribution is 2.20. The second-order valence-electron chi connectivity index (χ2n) is 4.35. The number of para-hydroxylation sites is 1. The molecular weight excluding hydrogens is 240 g/mol. The predicted octanol–water partition coefficient (Wildman–Crippen LogP) is 3.47. The first-order valence-corrected chi connectivity index (χ1v) is 6.36. The zero-order valence-corrected chi connectivity index (χ0v) is 11.2. The van der Waals surface area contributed by atoms with Gasteiger partial charge in [0.05, 0.1) is 12.8 Å². The van der Waals surface area contributed by atoms with E-state index in [2.05, 4.69) is 17.6 Å². The van der Waals surface area contributed by atoms with Crippen LogP contribution in [0.1, 0.15) is 23.8 Å². The number of hydrogen-bond acceptors (Lipinski definition) is 2. The molecule has 0 aliphatic rings. The lowest BCUT2D eigenvalue weighted by Gasteiger charge is -2.13. The van der Waals surface area contributed by atoms with Crippen molar-refractivity contribution in [2.75, 3.05) is 5.32 Å². The van der Waals surface area contributed by atoms with Crippen LogP contribution < -0.4 is 10.6 Å². The Kier molecular flexibility index (Phi) is 4.23. The number of nitrogens with one attached hydrogen (secondary N) is 2. The maximum atomic E-state index is 11.9. The van der Waals surface area contributed by atoms with E-state index in [1.807, 2.05) is 31.2 Å². The van der Waals surface area contributed by atoms with Gasteiger partial charge in [0.25, 0.3) is 0 Å². The number of amides is 2. The average Bonchev–Trinajstić information content (AvgIpc) is 2.92. The first-order valence-electron chi connectivity index (χ1n) is 6.36. The minimum absolute atomic E-state index is 0.222. The lowest BCUT2D eigenvalue weighted by atomic mass is 10.1. The van der Waals surface area contributed by atoms with Gasteiger partial charge in [-0.1, -0.05) is 25.1 Å². The first kappa shape index (κ1) is 13.2. The molecular formula is C15H18N2O2. The van der Waals surface area contributed by atoms with Crippen molar-refractivity contribution in [3.8, 4) is 0 Å². The Labute approximate surface area is 112 Å². The Morgan fingerprint density at radius 1 is 1.26 bits per heavy atom. The van der Waals surface area contributed by atoms with Gasteiger partial charge in [0.2, 0.25) is 0 Å². The Morgan fingerprint density at radius 2 is 2.11 bits per heavy atom. The summed E-state index contributed by atoms with van der Waals surface area (Å²) in [4.78, 5) is 11.9. The van der Waals surface area contributed by atoms with Gasteiger partial charge >= 0.3 is 6.03 Å². The van der Waals surface area contributed by atoms with Crippen LogP contribution in [0.25, 0.3) is 0 Å². The van der Waals surface area contributed by atoms with Crippen molar-refractivity contribution in [3.63, 3.8) is 0 Å². The molecule has 1 heterocycles. The molecule has 2 N–H and O–H groups in total. The predicted molar refractivity (Wildman–Crippen MR) is 75.1 cm³/mol. The molecule has 2 rings (SSSR count). The van der Waals surface area contributed by atoms with Gasteiger partial charge in [0.1, 0.15) is 5.76 Å². The van der Waals surface area contributed by atoms with Crippen molar-refractivity contribution in [2.45, 2.75) is 26.8 Å². The van der Waals surface area contributed by atoms with Crippen LogP contribution in [0.5, 0.6) is 0 Å². The van der Waals surface area contributed by atoms with Crippen LogP contribution in [0.15, 0.2) is 41.0 Å². The highest BCUT2D eigenvalue weighted by Gasteiger charge is 2.08. The first-order chi connectivity index (χ1) is 9.20. The number of hydrogen-bond donors (Lipinski definition) is 2. The summed E-state index contributed by atoms with van der Waals surface area (Å²) in [5.41, 5.74) is 3.09. The van der Waals surface area contributed by atoms with Gasteiger partial charge in [-0.25, -0.2) is 4.79 Å². The lowest BCUT2D eigenvalue weighted by Crippen LogP contribution is -2.28. The smallest absolute Gasteiger partial charge is 0.319 e. The molecule has 2 amide bonds. The highest BCUT2D eigenvalue weighted by atomic mass is 16.3. The lowest BCUT2D eigenvalue weighted by molar-refractivity contribution is 0.251. The van der Waals surface area contributed by atoms with Gasteiger partial charge < -0.3 is 15.1 Å². The Balaban J connectivity index is 1.99. The van der Waals surface area contributed by atoms with E-state index < -0.39 is 0 Å². The summed E-state index contributed by atoms with van der Waals surface area (Å²) in [5, 5.41) is 5.67. The second-order valence-corrected chi connectivity index (χ2v) is 4.35. The van der Waals surface area contributed by atoms with Crippen LogP contribution in [-0.4, -0.2) is 6.03 Å². The number of aryl methyl sites for hydroxylation is 2. The summed E-state index contributed by atoms with van der Waals surface area (Å²) < 4.78 is 5.16. The van der Waals surface area contributed by atoms with E-state index in [-0.39, 0.29) is 6.03 Å². The van der Waals surface area contributed by atoms with E-state index in [1.54, 1.807) is 12.3 Å². The minimum Gasteiger partial charge on any atom is -0.467 e. The van der Waals surface area contributed by atoms with E-state index in [0.29, 0.717) is 6.54 Å². The Bertz CT molecular complexity index is 547. The molecule has 1 aromatic carbocycles. The summed E-state index contributed by atoms with van der Waals surface area (Å²) in [6.45, 7) is 4.44. The standard InChI is InChI=1S/C15H18N2O2/c1-3-12-7-4-6-11(2)14(12)17-15(18)16-10-13-8-5-9-19-13/h4-9H,3,10H2,1-2H3,(H2,16,17,18). The van der Waals surface area contributed by atoms with E-state index in [1.165, 1.54) is 0 Å². The van der Waals surface area contributed by atoms with Crippen LogP contribution in [0.2, 0.25) is 0 Å². The third-order valence-corrected chi connectivity index (χ3v) is 2.98. The fourth-order valence-corrected chi connectivity index (χ4v) is 1.94. The fourth-order valence-electron chi connectivity index (χ4n) is 1.94. The number of carbonyl (C=O) groups is 1. The molecule has 0 saturated carbocycles. The molecule has 4 nitrogen and oxygen atoms in total. The maximum absolute atomic E-state index is 11.9. The van der Waals surface area contributed by atoms with E-state index in [0.717, 1.165) is 29.0 Å². The van der Waals surface area contributed by atoms with Crippen molar-refractivity contribution < 1.29 is 9.21 Å². The second kappa shape index (κ2) is 6.09. The van der Waals surface area contributed by atoms with Crippen molar-refractivity contribution >= 4 is 11.7 Å². The van der Waals surface area contributed by atoms with Gasteiger partial charge in [-0.3, -0.25) is 0 Å². The van der Waals surface area contributed by atoms with E-state index >= 15 is 0 Å². The molecule has 0 unspecified atom stereocenters. The molecule has 0 bridgehead atoms. The molecule has 0 aliphatic carbocycles. The Morgan fingerprint density at radius 3 is 2.79 bits per heavy atom. The molecule has 0 fully saturated rings.